The minimum atomic E-state index is -0.276. The lowest BCUT2D eigenvalue weighted by Gasteiger charge is -2.34. The van der Waals surface area contributed by atoms with E-state index in [4.69, 9.17) is 11.6 Å². The van der Waals surface area contributed by atoms with Gasteiger partial charge in [-0.2, -0.15) is 5.01 Å². The molecule has 3 rings (SSSR count). The van der Waals surface area contributed by atoms with Crippen molar-refractivity contribution in [3.63, 3.8) is 0 Å². The molecule has 0 radical (unpaired) electrons. The molecule has 0 aliphatic carbocycles. The minimum absolute atomic E-state index is 0.0881. The van der Waals surface area contributed by atoms with Crippen LogP contribution in [0.4, 0.5) is 5.69 Å². The molecule has 1 aromatic rings. The molecule has 2 aliphatic heterocycles. The number of amides is 1. The molecule has 0 N–H and O–H groups in total. The van der Waals surface area contributed by atoms with Crippen molar-refractivity contribution in [2.24, 2.45) is 5.10 Å². The third kappa shape index (κ3) is 2.08. The average Bonchev–Trinajstić information content (AvgIpc) is 2.90. The van der Waals surface area contributed by atoms with Gasteiger partial charge in [0, 0.05) is 18.5 Å². The number of hydrazone groups is 1. The van der Waals surface area contributed by atoms with E-state index in [0.29, 0.717) is 23.1 Å². The summed E-state index contributed by atoms with van der Waals surface area (Å²) in [6.45, 7) is 2.19. The number of amidine groups is 1. The highest BCUT2D eigenvalue weighted by Gasteiger charge is 2.41. The topological polar surface area (TPSA) is 53.0 Å². The van der Waals surface area contributed by atoms with Crippen LogP contribution >= 0.6 is 11.6 Å². The van der Waals surface area contributed by atoms with Gasteiger partial charge in [0.15, 0.2) is 11.6 Å². The molecule has 0 spiro atoms. The van der Waals surface area contributed by atoms with Crippen LogP contribution in [0.1, 0.15) is 19.8 Å². The fraction of sp³-hybridized carbons (Fsp3) is 0.357. The van der Waals surface area contributed by atoms with Crippen LogP contribution in [0.15, 0.2) is 29.4 Å². The smallest absolute Gasteiger partial charge is 0.270 e. The molecule has 5 nitrogen and oxygen atoms in total. The van der Waals surface area contributed by atoms with Crippen LogP contribution in [0.25, 0.3) is 0 Å². The number of anilines is 1. The molecule has 0 saturated carbocycles. The van der Waals surface area contributed by atoms with Crippen LogP contribution in [0.3, 0.4) is 0 Å². The second kappa shape index (κ2) is 4.90. The van der Waals surface area contributed by atoms with E-state index in [9.17, 15) is 9.59 Å². The zero-order chi connectivity index (χ0) is 14.3. The first-order valence-electron chi connectivity index (χ1n) is 6.53. The Morgan fingerprint density at radius 1 is 1.35 bits per heavy atom. The highest BCUT2D eigenvalue weighted by molar-refractivity contribution is 6.39. The van der Waals surface area contributed by atoms with Crippen LogP contribution in [0, 0.1) is 0 Å². The van der Waals surface area contributed by atoms with Crippen LogP contribution in [0.5, 0.6) is 0 Å². The summed E-state index contributed by atoms with van der Waals surface area (Å²) in [6, 6.07) is 6.59. The Labute approximate surface area is 121 Å². The number of hydrogen-bond acceptors (Lipinski definition) is 4. The first-order valence-corrected chi connectivity index (χ1v) is 6.91. The first kappa shape index (κ1) is 13.1. The lowest BCUT2D eigenvalue weighted by atomic mass is 10.1. The quantitative estimate of drug-likeness (QED) is 0.838. The molecule has 0 aromatic heterocycles. The lowest BCUT2D eigenvalue weighted by molar-refractivity contribution is -0.122. The van der Waals surface area contributed by atoms with Crippen molar-refractivity contribution >= 4 is 34.8 Å². The van der Waals surface area contributed by atoms with Gasteiger partial charge in [-0.05, 0) is 37.1 Å². The summed E-state index contributed by atoms with van der Waals surface area (Å²) < 4.78 is 0. The molecule has 1 saturated heterocycles. The summed E-state index contributed by atoms with van der Waals surface area (Å²) in [4.78, 5) is 26.1. The molecular formula is C14H14ClN3O2. The maximum absolute atomic E-state index is 12.5. The number of nitrogens with zero attached hydrogens (tertiary/aromatic N) is 3. The van der Waals surface area contributed by atoms with Crippen molar-refractivity contribution in [1.82, 2.24) is 4.90 Å². The molecule has 2 heterocycles. The number of halogens is 1. The molecule has 1 fully saturated rings. The van der Waals surface area contributed by atoms with Gasteiger partial charge in [0.05, 0.1) is 5.69 Å². The van der Waals surface area contributed by atoms with Gasteiger partial charge >= 0.3 is 0 Å². The molecule has 104 valence electrons. The van der Waals surface area contributed by atoms with E-state index in [1.54, 1.807) is 24.3 Å². The molecule has 1 amide bonds. The third-order valence-corrected chi connectivity index (χ3v) is 3.85. The molecule has 20 heavy (non-hydrogen) atoms. The minimum Gasteiger partial charge on any atom is -0.340 e. The SMILES string of the molecule is CC(=O)C1=NN(c2ccc(Cl)cc2)C(=O)C2CCCN12. The summed E-state index contributed by atoms with van der Waals surface area (Å²) in [5, 5.41) is 6.15. The molecule has 2 aliphatic rings. The average molecular weight is 292 g/mol. The van der Waals surface area contributed by atoms with E-state index in [1.165, 1.54) is 11.9 Å². The zero-order valence-corrected chi connectivity index (χ0v) is 11.8. The van der Waals surface area contributed by atoms with E-state index in [1.807, 2.05) is 4.90 Å². The van der Waals surface area contributed by atoms with E-state index in [2.05, 4.69) is 5.10 Å². The van der Waals surface area contributed by atoms with Crippen LogP contribution in [-0.2, 0) is 9.59 Å². The van der Waals surface area contributed by atoms with E-state index in [-0.39, 0.29) is 17.7 Å². The van der Waals surface area contributed by atoms with Gasteiger partial charge in [0.25, 0.3) is 5.91 Å². The molecule has 1 unspecified atom stereocenters. The summed E-state index contributed by atoms with van der Waals surface area (Å²) in [6.07, 6.45) is 1.66. The van der Waals surface area contributed by atoms with Gasteiger partial charge in [-0.15, -0.1) is 5.10 Å². The van der Waals surface area contributed by atoms with E-state index < -0.39 is 0 Å². The number of Topliss-reactive ketones (excluding diaryl/α,β-unsaturated/α-hetero) is 1. The van der Waals surface area contributed by atoms with Gasteiger partial charge in [-0.1, -0.05) is 11.6 Å². The maximum Gasteiger partial charge on any atom is 0.270 e. The van der Waals surface area contributed by atoms with Crippen molar-refractivity contribution in [2.75, 3.05) is 11.6 Å². The normalized spacial score (nSPS) is 21.8. The monoisotopic (exact) mass is 291 g/mol. The van der Waals surface area contributed by atoms with Crippen molar-refractivity contribution in [3.8, 4) is 0 Å². The highest BCUT2D eigenvalue weighted by Crippen LogP contribution is 2.28. The number of hydrogen-bond donors (Lipinski definition) is 0. The number of rotatable bonds is 2. The molecule has 1 atom stereocenters. The Morgan fingerprint density at radius 2 is 2.05 bits per heavy atom. The molecule has 1 aromatic carbocycles. The van der Waals surface area contributed by atoms with Crippen molar-refractivity contribution in [1.29, 1.82) is 0 Å². The molecule has 6 heteroatoms. The summed E-state index contributed by atoms with van der Waals surface area (Å²) >= 11 is 5.85. The number of carbonyl (C=O) groups is 2. The van der Waals surface area contributed by atoms with Gasteiger partial charge < -0.3 is 4.90 Å². The summed E-state index contributed by atoms with van der Waals surface area (Å²) in [5.41, 5.74) is 0.629. The summed E-state index contributed by atoms with van der Waals surface area (Å²) in [5.74, 6) is 0.153. The zero-order valence-electron chi connectivity index (χ0n) is 11.0. The second-order valence-corrected chi connectivity index (χ2v) is 5.39. The standard InChI is InChI=1S/C14H14ClN3O2/c1-9(19)13-16-18(11-6-4-10(15)5-7-11)14(20)12-3-2-8-17(12)13/h4-7,12H,2-3,8H2,1H3. The Morgan fingerprint density at radius 3 is 2.70 bits per heavy atom. The molecule has 0 bridgehead atoms. The van der Waals surface area contributed by atoms with Crippen LogP contribution < -0.4 is 5.01 Å². The predicted molar refractivity (Wildman–Crippen MR) is 76.8 cm³/mol. The Bertz CT molecular complexity index is 597. The lowest BCUT2D eigenvalue weighted by Crippen LogP contribution is -2.53. The number of fused-ring (bicyclic) bond motifs is 1. The Kier molecular flexibility index (Phi) is 3.22. The number of benzene rings is 1. The largest absolute Gasteiger partial charge is 0.340 e. The fourth-order valence-corrected chi connectivity index (χ4v) is 2.79. The molecular weight excluding hydrogens is 278 g/mol. The highest BCUT2D eigenvalue weighted by atomic mass is 35.5. The third-order valence-electron chi connectivity index (χ3n) is 3.60. The van der Waals surface area contributed by atoms with E-state index >= 15 is 0 Å². The number of ketones is 1. The van der Waals surface area contributed by atoms with E-state index in [0.717, 1.165) is 12.8 Å². The Hall–Kier alpha value is -1.88. The van der Waals surface area contributed by atoms with Crippen molar-refractivity contribution < 1.29 is 9.59 Å². The van der Waals surface area contributed by atoms with Gasteiger partial charge in [-0.3, -0.25) is 9.59 Å². The predicted octanol–water partition coefficient (Wildman–Crippen LogP) is 2.05. The van der Waals surface area contributed by atoms with Crippen LogP contribution in [0.2, 0.25) is 5.02 Å². The van der Waals surface area contributed by atoms with Crippen LogP contribution in [-0.4, -0.2) is 35.0 Å². The van der Waals surface area contributed by atoms with Crippen molar-refractivity contribution in [2.45, 2.75) is 25.8 Å². The fourth-order valence-electron chi connectivity index (χ4n) is 2.66. The number of carbonyl (C=O) groups excluding carboxylic acids is 2. The van der Waals surface area contributed by atoms with Gasteiger partial charge in [0.2, 0.25) is 0 Å². The van der Waals surface area contributed by atoms with Gasteiger partial charge in [-0.25, -0.2) is 0 Å². The van der Waals surface area contributed by atoms with Crippen molar-refractivity contribution in [3.05, 3.63) is 29.3 Å². The summed E-state index contributed by atoms with van der Waals surface area (Å²) in [7, 11) is 0. The van der Waals surface area contributed by atoms with Gasteiger partial charge in [0.1, 0.15) is 6.04 Å². The Balaban J connectivity index is 2.03. The first-order chi connectivity index (χ1) is 9.58. The second-order valence-electron chi connectivity index (χ2n) is 4.96. The maximum atomic E-state index is 12.5.